The second-order valence-corrected chi connectivity index (χ2v) is 10.4. The van der Waals surface area contributed by atoms with Gasteiger partial charge in [-0.1, -0.05) is 0 Å². The number of aryl methyl sites for hydroxylation is 1. The molecule has 0 unspecified atom stereocenters. The topological polar surface area (TPSA) is 82.3 Å². The molecule has 0 amide bonds. The van der Waals surface area contributed by atoms with Crippen LogP contribution in [0, 0.1) is 5.92 Å². The minimum atomic E-state index is -3.37. The lowest BCUT2D eigenvalue weighted by Crippen LogP contribution is -2.26. The Hall–Kier alpha value is -1.71. The average molecular weight is 422 g/mol. The molecule has 9 heteroatoms. The van der Waals surface area contributed by atoms with Crippen molar-refractivity contribution in [1.29, 1.82) is 0 Å². The maximum absolute atomic E-state index is 12.9. The Morgan fingerprint density at radius 3 is 2.76 bits per heavy atom. The summed E-state index contributed by atoms with van der Waals surface area (Å²) in [6.07, 6.45) is 10.6. The first-order valence-corrected chi connectivity index (χ1v) is 12.1. The maximum atomic E-state index is 12.9. The van der Waals surface area contributed by atoms with Crippen molar-refractivity contribution in [1.82, 2.24) is 24.2 Å². The van der Waals surface area contributed by atoms with Gasteiger partial charge in [0, 0.05) is 32.9 Å². The highest BCUT2D eigenvalue weighted by molar-refractivity contribution is 7.91. The number of sulfone groups is 1. The fraction of sp³-hybridized carbons (Fsp3) is 0.700. The van der Waals surface area contributed by atoms with Gasteiger partial charge in [-0.3, -0.25) is 4.68 Å². The first-order chi connectivity index (χ1) is 13.9. The molecule has 0 radical (unpaired) electrons. The quantitative estimate of drug-likeness (QED) is 0.580. The Morgan fingerprint density at radius 2 is 2.10 bits per heavy atom. The monoisotopic (exact) mass is 421 g/mol. The lowest BCUT2D eigenvalue weighted by Gasteiger charge is -2.20. The number of aromatic nitrogens is 4. The molecule has 1 saturated carbocycles. The van der Waals surface area contributed by atoms with E-state index in [1.54, 1.807) is 6.20 Å². The number of ether oxygens (including phenoxy) is 1. The van der Waals surface area contributed by atoms with Gasteiger partial charge in [0.15, 0.2) is 0 Å². The molecule has 1 aliphatic heterocycles. The molecule has 29 heavy (non-hydrogen) atoms. The van der Waals surface area contributed by atoms with E-state index in [2.05, 4.69) is 22.0 Å². The predicted molar refractivity (Wildman–Crippen MR) is 109 cm³/mol. The van der Waals surface area contributed by atoms with Crippen LogP contribution in [0.5, 0.6) is 0 Å². The van der Waals surface area contributed by atoms with Crippen LogP contribution in [-0.4, -0.2) is 64.7 Å². The van der Waals surface area contributed by atoms with E-state index < -0.39 is 9.84 Å². The molecule has 2 fully saturated rings. The molecular formula is C20H31N5O3S. The van der Waals surface area contributed by atoms with E-state index in [4.69, 9.17) is 4.74 Å². The van der Waals surface area contributed by atoms with Crippen LogP contribution in [0.15, 0.2) is 23.7 Å². The summed E-state index contributed by atoms with van der Waals surface area (Å²) >= 11 is 0. The smallest absolute Gasteiger partial charge is 0.227 e. The van der Waals surface area contributed by atoms with Crippen LogP contribution >= 0.6 is 0 Å². The second-order valence-electron chi connectivity index (χ2n) is 8.51. The summed E-state index contributed by atoms with van der Waals surface area (Å²) in [5.41, 5.74) is 2.13. The Balaban J connectivity index is 1.48. The van der Waals surface area contributed by atoms with Gasteiger partial charge in [-0.05, 0) is 50.6 Å². The molecule has 1 aliphatic carbocycles. The van der Waals surface area contributed by atoms with E-state index in [-0.39, 0.29) is 17.0 Å². The Morgan fingerprint density at radius 1 is 1.28 bits per heavy atom. The van der Waals surface area contributed by atoms with Gasteiger partial charge in [-0.25, -0.2) is 13.4 Å². The molecule has 2 aliphatic rings. The molecular weight excluding hydrogens is 390 g/mol. The van der Waals surface area contributed by atoms with Gasteiger partial charge in [0.1, 0.15) is 0 Å². The number of likely N-dealkylation sites (N-methyl/N-ethyl adjacent to an activating group) is 1. The average Bonchev–Trinajstić information content (AvgIpc) is 3.05. The minimum Gasteiger partial charge on any atom is -0.376 e. The summed E-state index contributed by atoms with van der Waals surface area (Å²) in [7, 11) is 0.601. The van der Waals surface area contributed by atoms with Crippen molar-refractivity contribution >= 4 is 9.84 Å². The molecule has 0 bridgehead atoms. The largest absolute Gasteiger partial charge is 0.376 e. The fourth-order valence-corrected chi connectivity index (χ4v) is 5.74. The zero-order valence-electron chi connectivity index (χ0n) is 17.3. The Kier molecular flexibility index (Phi) is 6.08. The number of hydrogen-bond donors (Lipinski definition) is 0. The second kappa shape index (κ2) is 8.57. The summed E-state index contributed by atoms with van der Waals surface area (Å²) in [6, 6.07) is 0. The van der Waals surface area contributed by atoms with Crippen LogP contribution < -0.4 is 0 Å². The lowest BCUT2D eigenvalue weighted by atomic mass is 10.2. The summed E-state index contributed by atoms with van der Waals surface area (Å²) in [5, 5.41) is 4.43. The van der Waals surface area contributed by atoms with Gasteiger partial charge in [-0.15, -0.1) is 0 Å². The van der Waals surface area contributed by atoms with Crippen molar-refractivity contribution in [3.05, 3.63) is 29.8 Å². The first kappa shape index (κ1) is 20.6. The maximum Gasteiger partial charge on any atom is 0.227 e. The third kappa shape index (κ3) is 5.26. The molecule has 0 aromatic carbocycles. The highest BCUT2D eigenvalue weighted by atomic mass is 32.2. The Bertz CT molecular complexity index is 926. The predicted octanol–water partition coefficient (Wildman–Crippen LogP) is 1.65. The van der Waals surface area contributed by atoms with Gasteiger partial charge >= 0.3 is 0 Å². The highest BCUT2D eigenvalue weighted by Gasteiger charge is 2.33. The van der Waals surface area contributed by atoms with Crippen LogP contribution in [-0.2, 0) is 41.1 Å². The lowest BCUT2D eigenvalue weighted by molar-refractivity contribution is 0.0934. The summed E-state index contributed by atoms with van der Waals surface area (Å²) in [6.45, 7) is 2.83. The van der Waals surface area contributed by atoms with Crippen LogP contribution in [0.25, 0.3) is 0 Å². The molecule has 0 N–H and O–H groups in total. The molecule has 8 nitrogen and oxygen atoms in total. The number of rotatable bonds is 10. The van der Waals surface area contributed by atoms with Crippen molar-refractivity contribution < 1.29 is 13.2 Å². The van der Waals surface area contributed by atoms with Crippen LogP contribution in [0.2, 0.25) is 0 Å². The van der Waals surface area contributed by atoms with E-state index in [0.717, 1.165) is 50.9 Å². The number of nitrogens with zero attached hydrogens (tertiary/aromatic N) is 5. The molecule has 1 atom stereocenters. The van der Waals surface area contributed by atoms with E-state index >= 15 is 0 Å². The zero-order valence-corrected chi connectivity index (χ0v) is 18.1. The SMILES string of the molecule is CN(CCc1cnn(C)c1)Cc1cnc(S(=O)(=O)CC2CC2)n1C[C@H]1CCCO1. The minimum absolute atomic E-state index is 0.0681. The first-order valence-electron chi connectivity index (χ1n) is 10.5. The molecule has 1 saturated heterocycles. The van der Waals surface area contributed by atoms with Crippen molar-refractivity contribution in [2.45, 2.75) is 56.5 Å². The molecule has 3 heterocycles. The standard InChI is InChI=1S/C20H31N5O3S/c1-23(8-7-17-10-22-24(2)12-17)13-18-11-21-20(29(26,27)15-16-5-6-16)25(18)14-19-4-3-9-28-19/h10-12,16,19H,3-9,13-15H2,1-2H3/t19-/m1/s1. The van der Waals surface area contributed by atoms with Crippen molar-refractivity contribution in [2.75, 3.05) is 26.0 Å². The number of imidazole rings is 1. The third-order valence-corrected chi connectivity index (χ3v) is 7.51. The van der Waals surface area contributed by atoms with Crippen molar-refractivity contribution in [2.24, 2.45) is 13.0 Å². The van der Waals surface area contributed by atoms with E-state index in [1.807, 2.05) is 28.7 Å². The molecule has 0 spiro atoms. The molecule has 2 aromatic rings. The van der Waals surface area contributed by atoms with Gasteiger partial charge in [0.05, 0.1) is 36.5 Å². The summed E-state index contributed by atoms with van der Waals surface area (Å²) in [4.78, 5) is 6.57. The molecule has 160 valence electrons. The van der Waals surface area contributed by atoms with Crippen LogP contribution in [0.3, 0.4) is 0 Å². The van der Waals surface area contributed by atoms with Crippen LogP contribution in [0.1, 0.15) is 36.9 Å². The van der Waals surface area contributed by atoms with Gasteiger partial charge in [0.25, 0.3) is 0 Å². The highest BCUT2D eigenvalue weighted by Crippen LogP contribution is 2.32. The van der Waals surface area contributed by atoms with Gasteiger partial charge in [-0.2, -0.15) is 5.10 Å². The summed E-state index contributed by atoms with van der Waals surface area (Å²) < 4.78 is 35.4. The molecule has 4 rings (SSSR count). The van der Waals surface area contributed by atoms with Crippen molar-refractivity contribution in [3.8, 4) is 0 Å². The van der Waals surface area contributed by atoms with E-state index in [1.165, 1.54) is 5.56 Å². The van der Waals surface area contributed by atoms with E-state index in [0.29, 0.717) is 19.0 Å². The van der Waals surface area contributed by atoms with Gasteiger partial charge < -0.3 is 14.2 Å². The van der Waals surface area contributed by atoms with Crippen LogP contribution in [0.4, 0.5) is 0 Å². The summed E-state index contributed by atoms with van der Waals surface area (Å²) in [5.74, 6) is 0.518. The Labute approximate surface area is 172 Å². The normalized spacial score (nSPS) is 20.0. The van der Waals surface area contributed by atoms with Crippen molar-refractivity contribution in [3.63, 3.8) is 0 Å². The fourth-order valence-electron chi connectivity index (χ4n) is 3.90. The third-order valence-electron chi connectivity index (χ3n) is 5.71. The zero-order chi connectivity index (χ0) is 20.4. The molecule has 2 aromatic heterocycles. The number of hydrogen-bond acceptors (Lipinski definition) is 6. The van der Waals surface area contributed by atoms with Gasteiger partial charge in [0.2, 0.25) is 15.0 Å². The van der Waals surface area contributed by atoms with E-state index in [9.17, 15) is 8.42 Å².